The van der Waals surface area contributed by atoms with Gasteiger partial charge in [0, 0.05) is 27.8 Å². The first-order chi connectivity index (χ1) is 8.61. The monoisotopic (exact) mass is 330 g/mol. The number of ether oxygens (including phenoxy) is 1. The predicted octanol–water partition coefficient (Wildman–Crippen LogP) is 3.89. The third-order valence-electron chi connectivity index (χ3n) is 2.26. The number of hydrogen-bond acceptors (Lipinski definition) is 3. The number of benzene rings is 1. The Bertz CT molecular complexity index is 580. The minimum absolute atomic E-state index is 0.116. The van der Waals surface area contributed by atoms with Crippen molar-refractivity contribution >= 4 is 27.5 Å². The van der Waals surface area contributed by atoms with Crippen LogP contribution in [0.4, 0.5) is 4.39 Å². The Balaban J connectivity index is 2.37. The first-order valence-electron chi connectivity index (χ1n) is 5.08. The average Bonchev–Trinajstić information content (AvgIpc) is 2.33. The summed E-state index contributed by atoms with van der Waals surface area (Å²) in [7, 11) is 0. The molecule has 2 N–H and O–H groups in total. The lowest BCUT2D eigenvalue weighted by atomic mass is 10.2. The van der Waals surface area contributed by atoms with Crippen LogP contribution in [0.5, 0.6) is 11.6 Å². The quantitative estimate of drug-likeness (QED) is 0.928. The van der Waals surface area contributed by atoms with Gasteiger partial charge in [-0.15, -0.1) is 0 Å². The summed E-state index contributed by atoms with van der Waals surface area (Å²) < 4.78 is 19.5. The molecule has 0 aliphatic rings. The lowest BCUT2D eigenvalue weighted by molar-refractivity contribution is 0.418. The molecule has 0 radical (unpaired) electrons. The highest BCUT2D eigenvalue weighted by Gasteiger charge is 2.11. The van der Waals surface area contributed by atoms with Crippen LogP contribution in [0.2, 0.25) is 5.02 Å². The molecule has 0 amide bonds. The van der Waals surface area contributed by atoms with E-state index in [1.165, 1.54) is 12.3 Å². The molecule has 0 unspecified atom stereocenters. The molecule has 6 heteroatoms. The summed E-state index contributed by atoms with van der Waals surface area (Å²) in [4.78, 5) is 3.85. The molecule has 0 aliphatic carbocycles. The van der Waals surface area contributed by atoms with Gasteiger partial charge < -0.3 is 10.5 Å². The van der Waals surface area contributed by atoms with Gasteiger partial charge in [-0.2, -0.15) is 0 Å². The van der Waals surface area contributed by atoms with Gasteiger partial charge in [-0.25, -0.2) is 9.37 Å². The maximum Gasteiger partial charge on any atom is 0.255 e. The number of nitrogens with two attached hydrogens (primary N) is 1. The van der Waals surface area contributed by atoms with Crippen LogP contribution in [-0.4, -0.2) is 4.98 Å². The Morgan fingerprint density at radius 1 is 1.44 bits per heavy atom. The normalized spacial score (nSPS) is 10.4. The Hall–Kier alpha value is -1.17. The number of nitrogens with zero attached hydrogens (tertiary/aromatic N) is 1. The first kappa shape index (κ1) is 13.3. The van der Waals surface area contributed by atoms with Crippen molar-refractivity contribution < 1.29 is 9.13 Å². The molecule has 1 aromatic heterocycles. The van der Waals surface area contributed by atoms with Crippen LogP contribution >= 0.6 is 27.5 Å². The molecule has 3 nitrogen and oxygen atoms in total. The Morgan fingerprint density at radius 2 is 2.22 bits per heavy atom. The van der Waals surface area contributed by atoms with Crippen LogP contribution in [-0.2, 0) is 6.54 Å². The maximum atomic E-state index is 13.6. The first-order valence-corrected chi connectivity index (χ1v) is 6.25. The van der Waals surface area contributed by atoms with Gasteiger partial charge in [0.1, 0.15) is 5.75 Å². The lowest BCUT2D eigenvalue weighted by Gasteiger charge is -2.11. The Labute approximate surface area is 117 Å². The van der Waals surface area contributed by atoms with Gasteiger partial charge in [-0.1, -0.05) is 17.7 Å². The van der Waals surface area contributed by atoms with Gasteiger partial charge in [0.2, 0.25) is 0 Å². The molecule has 0 saturated carbocycles. The van der Waals surface area contributed by atoms with Crippen molar-refractivity contribution in [2.75, 3.05) is 0 Å². The summed E-state index contributed by atoms with van der Waals surface area (Å²) in [6.07, 6.45) is 1.45. The fourth-order valence-electron chi connectivity index (χ4n) is 1.41. The van der Waals surface area contributed by atoms with E-state index in [0.717, 1.165) is 0 Å². The minimum atomic E-state index is -0.563. The molecular formula is C12H9BrClFN2O. The van der Waals surface area contributed by atoms with Gasteiger partial charge in [0.15, 0.2) is 5.82 Å². The maximum absolute atomic E-state index is 13.6. The molecule has 18 heavy (non-hydrogen) atoms. The van der Waals surface area contributed by atoms with E-state index in [9.17, 15) is 4.39 Å². The van der Waals surface area contributed by atoms with Crippen LogP contribution < -0.4 is 10.5 Å². The zero-order chi connectivity index (χ0) is 13.1. The van der Waals surface area contributed by atoms with Crippen molar-refractivity contribution in [3.63, 3.8) is 0 Å². The molecule has 0 bridgehead atoms. The van der Waals surface area contributed by atoms with Gasteiger partial charge in [-0.3, -0.25) is 0 Å². The summed E-state index contributed by atoms with van der Waals surface area (Å²) in [6.45, 7) is 0.202. The predicted molar refractivity (Wildman–Crippen MR) is 71.3 cm³/mol. The van der Waals surface area contributed by atoms with Gasteiger partial charge in [-0.05, 0) is 34.1 Å². The molecule has 2 aromatic rings. The Morgan fingerprint density at radius 3 is 2.89 bits per heavy atom. The molecule has 0 atom stereocenters. The number of pyridine rings is 1. The highest BCUT2D eigenvalue weighted by molar-refractivity contribution is 9.10. The molecule has 0 aliphatic heterocycles. The van der Waals surface area contributed by atoms with E-state index in [1.54, 1.807) is 18.2 Å². The molecule has 1 heterocycles. The summed E-state index contributed by atoms with van der Waals surface area (Å²) in [5.41, 5.74) is 6.20. The van der Waals surface area contributed by atoms with Crippen LogP contribution in [0.15, 0.2) is 34.9 Å². The summed E-state index contributed by atoms with van der Waals surface area (Å²) in [5, 5.41) is 0.479. The van der Waals surface area contributed by atoms with Gasteiger partial charge in [0.05, 0.1) is 0 Å². The molecule has 2 rings (SSSR count). The van der Waals surface area contributed by atoms with E-state index in [4.69, 9.17) is 22.1 Å². The fourth-order valence-corrected chi connectivity index (χ4v) is 1.96. The standard InChI is InChI=1S/C12H9BrClFN2O/c13-7-4-10(15)12(17-6-7)18-11-3-1-2-9(14)8(11)5-16/h1-4,6H,5,16H2. The molecule has 94 valence electrons. The van der Waals surface area contributed by atoms with E-state index in [0.29, 0.717) is 20.8 Å². The summed E-state index contributed by atoms with van der Waals surface area (Å²) >= 11 is 9.10. The SMILES string of the molecule is NCc1c(Cl)cccc1Oc1ncc(Br)cc1F. The highest BCUT2D eigenvalue weighted by atomic mass is 79.9. The molecule has 1 aromatic carbocycles. The highest BCUT2D eigenvalue weighted by Crippen LogP contribution is 2.30. The second kappa shape index (κ2) is 5.65. The number of halogens is 3. The second-order valence-electron chi connectivity index (χ2n) is 3.46. The van der Waals surface area contributed by atoms with E-state index >= 15 is 0 Å². The summed E-state index contributed by atoms with van der Waals surface area (Å²) in [5.74, 6) is -0.277. The lowest BCUT2D eigenvalue weighted by Crippen LogP contribution is -2.01. The number of rotatable bonds is 3. The van der Waals surface area contributed by atoms with Crippen molar-refractivity contribution in [3.8, 4) is 11.6 Å². The zero-order valence-corrected chi connectivity index (χ0v) is 11.5. The van der Waals surface area contributed by atoms with Gasteiger partial charge in [0.25, 0.3) is 5.88 Å². The largest absolute Gasteiger partial charge is 0.436 e. The van der Waals surface area contributed by atoms with E-state index < -0.39 is 5.82 Å². The minimum Gasteiger partial charge on any atom is -0.436 e. The van der Waals surface area contributed by atoms with E-state index in [2.05, 4.69) is 20.9 Å². The van der Waals surface area contributed by atoms with Crippen LogP contribution in [0.1, 0.15) is 5.56 Å². The average molecular weight is 332 g/mol. The topological polar surface area (TPSA) is 48.1 Å². The Kier molecular flexibility index (Phi) is 4.16. The smallest absolute Gasteiger partial charge is 0.255 e. The van der Waals surface area contributed by atoms with Crippen LogP contribution in [0.25, 0.3) is 0 Å². The number of hydrogen-bond donors (Lipinski definition) is 1. The van der Waals surface area contributed by atoms with Crippen molar-refractivity contribution in [3.05, 3.63) is 51.3 Å². The van der Waals surface area contributed by atoms with Crippen LogP contribution in [0.3, 0.4) is 0 Å². The van der Waals surface area contributed by atoms with Crippen molar-refractivity contribution in [1.29, 1.82) is 0 Å². The van der Waals surface area contributed by atoms with Gasteiger partial charge >= 0.3 is 0 Å². The van der Waals surface area contributed by atoms with Crippen molar-refractivity contribution in [2.24, 2.45) is 5.73 Å². The summed E-state index contributed by atoms with van der Waals surface area (Å²) in [6, 6.07) is 6.34. The van der Waals surface area contributed by atoms with Crippen molar-refractivity contribution in [1.82, 2.24) is 4.98 Å². The molecular weight excluding hydrogens is 322 g/mol. The zero-order valence-electron chi connectivity index (χ0n) is 9.16. The third-order valence-corrected chi connectivity index (χ3v) is 3.05. The molecule has 0 spiro atoms. The fraction of sp³-hybridized carbons (Fsp3) is 0.0833. The van der Waals surface area contributed by atoms with E-state index in [1.807, 2.05) is 0 Å². The van der Waals surface area contributed by atoms with Crippen molar-refractivity contribution in [2.45, 2.75) is 6.54 Å². The third kappa shape index (κ3) is 2.80. The second-order valence-corrected chi connectivity index (χ2v) is 4.79. The van der Waals surface area contributed by atoms with E-state index in [-0.39, 0.29) is 12.4 Å². The van der Waals surface area contributed by atoms with Crippen LogP contribution in [0, 0.1) is 5.82 Å². The molecule has 0 fully saturated rings. The molecule has 0 saturated heterocycles. The number of aromatic nitrogens is 1.